The van der Waals surface area contributed by atoms with Gasteiger partial charge in [0.1, 0.15) is 0 Å². The number of halogens is 1. The summed E-state index contributed by atoms with van der Waals surface area (Å²) in [6.45, 7) is 7.35. The van der Waals surface area contributed by atoms with Crippen LogP contribution >= 0.6 is 12.4 Å². The van der Waals surface area contributed by atoms with E-state index in [-0.39, 0.29) is 18.4 Å². The van der Waals surface area contributed by atoms with E-state index in [0.717, 1.165) is 29.8 Å². The molecule has 2 aromatic carbocycles. The third-order valence-electron chi connectivity index (χ3n) is 4.68. The number of benzene rings is 2. The summed E-state index contributed by atoms with van der Waals surface area (Å²) < 4.78 is 34.5. The van der Waals surface area contributed by atoms with Crippen LogP contribution in [0, 0.1) is 13.8 Å². The average Bonchev–Trinajstić information content (AvgIpc) is 2.64. The van der Waals surface area contributed by atoms with Crippen LogP contribution in [-0.2, 0) is 14.8 Å². The summed E-state index contributed by atoms with van der Waals surface area (Å²) in [4.78, 5) is 2.59. The highest BCUT2D eigenvalue weighted by molar-refractivity contribution is 7.89. The van der Waals surface area contributed by atoms with Gasteiger partial charge in [0.15, 0.2) is 0 Å². The van der Waals surface area contributed by atoms with Crippen molar-refractivity contribution in [3.63, 3.8) is 0 Å². The smallest absolute Gasteiger partial charge is 0.241 e. The number of ether oxygens (including phenoxy) is 1. The average molecular weight is 411 g/mol. The minimum Gasteiger partial charge on any atom is -0.379 e. The predicted octanol–water partition coefficient (Wildman–Crippen LogP) is 3.08. The van der Waals surface area contributed by atoms with Crippen molar-refractivity contribution >= 4 is 22.4 Å². The van der Waals surface area contributed by atoms with Crippen LogP contribution in [0.4, 0.5) is 0 Å². The molecule has 0 bridgehead atoms. The Morgan fingerprint density at radius 1 is 1.07 bits per heavy atom. The molecule has 2 aromatic rings. The van der Waals surface area contributed by atoms with Gasteiger partial charge in [-0.15, -0.1) is 12.4 Å². The normalized spacial score (nSPS) is 16.5. The highest BCUT2D eigenvalue weighted by Gasteiger charge is 2.25. The fourth-order valence-electron chi connectivity index (χ4n) is 3.19. The Morgan fingerprint density at radius 2 is 1.74 bits per heavy atom. The fourth-order valence-corrected chi connectivity index (χ4v) is 4.73. The molecule has 0 aliphatic carbocycles. The maximum Gasteiger partial charge on any atom is 0.241 e. The molecule has 0 radical (unpaired) electrons. The lowest BCUT2D eigenvalue weighted by atomic mass is 10.1. The summed E-state index contributed by atoms with van der Waals surface area (Å²) >= 11 is 0. The largest absolute Gasteiger partial charge is 0.379 e. The number of aryl methyl sites for hydroxylation is 2. The maximum atomic E-state index is 13.1. The number of rotatable bonds is 6. The lowest BCUT2D eigenvalue weighted by molar-refractivity contribution is 0.0345. The Labute approximate surface area is 168 Å². The fraction of sp³-hybridized carbons (Fsp3) is 0.400. The van der Waals surface area contributed by atoms with E-state index in [9.17, 15) is 8.42 Å². The Balaban J connectivity index is 0.00000261. The minimum atomic E-state index is -3.62. The van der Waals surface area contributed by atoms with Crippen molar-refractivity contribution in [2.75, 3.05) is 32.8 Å². The molecule has 7 heteroatoms. The van der Waals surface area contributed by atoms with Crippen LogP contribution in [0.1, 0.15) is 22.7 Å². The molecule has 27 heavy (non-hydrogen) atoms. The third-order valence-corrected chi connectivity index (χ3v) is 6.29. The molecule has 1 heterocycles. The summed E-state index contributed by atoms with van der Waals surface area (Å²) in [6.07, 6.45) is 0. The summed E-state index contributed by atoms with van der Waals surface area (Å²) in [5, 5.41) is 0. The SMILES string of the molecule is Cc1ccc(C)c(S(=O)(=O)NC(CN2CCOCC2)c2ccccc2)c1.Cl. The molecule has 1 aliphatic heterocycles. The van der Waals surface area contributed by atoms with Crippen LogP contribution in [-0.4, -0.2) is 46.2 Å². The molecule has 1 fully saturated rings. The predicted molar refractivity (Wildman–Crippen MR) is 110 cm³/mol. The standard InChI is InChI=1S/C20H26N2O3S.ClH/c1-16-8-9-17(2)20(14-16)26(23,24)21-19(18-6-4-3-5-7-18)15-22-10-12-25-13-11-22;/h3-9,14,19,21H,10-13,15H2,1-2H3;1H. The van der Waals surface area contributed by atoms with Crippen molar-refractivity contribution < 1.29 is 13.2 Å². The van der Waals surface area contributed by atoms with Crippen LogP contribution in [0.3, 0.4) is 0 Å². The number of sulfonamides is 1. The number of nitrogens with zero attached hydrogens (tertiary/aromatic N) is 1. The van der Waals surface area contributed by atoms with Gasteiger partial charge in [0.05, 0.1) is 24.2 Å². The quantitative estimate of drug-likeness (QED) is 0.795. The molecular formula is C20H27ClN2O3S. The van der Waals surface area contributed by atoms with Crippen molar-refractivity contribution in [2.45, 2.75) is 24.8 Å². The van der Waals surface area contributed by atoms with Gasteiger partial charge in [0.25, 0.3) is 0 Å². The van der Waals surface area contributed by atoms with Crippen LogP contribution in [0.5, 0.6) is 0 Å². The van der Waals surface area contributed by atoms with E-state index in [2.05, 4.69) is 9.62 Å². The van der Waals surface area contributed by atoms with E-state index in [1.807, 2.05) is 56.3 Å². The van der Waals surface area contributed by atoms with Gasteiger partial charge in [-0.05, 0) is 36.6 Å². The van der Waals surface area contributed by atoms with Gasteiger partial charge in [0, 0.05) is 19.6 Å². The molecule has 3 rings (SSSR count). The van der Waals surface area contributed by atoms with Crippen molar-refractivity contribution in [1.29, 1.82) is 0 Å². The lowest BCUT2D eigenvalue weighted by Gasteiger charge is -2.31. The number of nitrogens with one attached hydrogen (secondary N) is 1. The molecule has 1 saturated heterocycles. The molecule has 0 aromatic heterocycles. The van der Waals surface area contributed by atoms with Crippen molar-refractivity contribution in [2.24, 2.45) is 0 Å². The van der Waals surface area contributed by atoms with Gasteiger partial charge < -0.3 is 4.74 Å². The van der Waals surface area contributed by atoms with E-state index in [4.69, 9.17) is 4.74 Å². The molecule has 0 amide bonds. The summed E-state index contributed by atoms with van der Waals surface area (Å²) in [5.41, 5.74) is 2.65. The number of hydrogen-bond donors (Lipinski definition) is 1. The first kappa shape index (κ1) is 21.9. The summed E-state index contributed by atoms with van der Waals surface area (Å²) in [5.74, 6) is 0. The zero-order valence-corrected chi connectivity index (χ0v) is 17.4. The highest BCUT2D eigenvalue weighted by Crippen LogP contribution is 2.22. The van der Waals surface area contributed by atoms with Crippen molar-refractivity contribution in [3.8, 4) is 0 Å². The molecule has 1 unspecified atom stereocenters. The van der Waals surface area contributed by atoms with Gasteiger partial charge in [-0.3, -0.25) is 4.90 Å². The van der Waals surface area contributed by atoms with E-state index in [1.54, 1.807) is 6.07 Å². The van der Waals surface area contributed by atoms with Crippen LogP contribution < -0.4 is 4.72 Å². The Kier molecular flexibility index (Phi) is 7.82. The van der Waals surface area contributed by atoms with E-state index in [0.29, 0.717) is 24.7 Å². The van der Waals surface area contributed by atoms with Gasteiger partial charge >= 0.3 is 0 Å². The van der Waals surface area contributed by atoms with Gasteiger partial charge in [-0.1, -0.05) is 42.5 Å². The van der Waals surface area contributed by atoms with Crippen LogP contribution in [0.25, 0.3) is 0 Å². The van der Waals surface area contributed by atoms with E-state index in [1.165, 1.54) is 0 Å². The minimum absolute atomic E-state index is 0. The molecule has 5 nitrogen and oxygen atoms in total. The first-order chi connectivity index (χ1) is 12.5. The molecular weight excluding hydrogens is 384 g/mol. The lowest BCUT2D eigenvalue weighted by Crippen LogP contribution is -2.43. The number of morpholine rings is 1. The Hall–Kier alpha value is -1.44. The number of hydrogen-bond acceptors (Lipinski definition) is 4. The Bertz CT molecular complexity index is 838. The summed E-state index contributed by atoms with van der Waals surface area (Å²) in [7, 11) is -3.62. The molecule has 1 aliphatic rings. The third kappa shape index (κ3) is 5.77. The van der Waals surface area contributed by atoms with Gasteiger partial charge in [0.2, 0.25) is 10.0 Å². The second-order valence-electron chi connectivity index (χ2n) is 6.77. The molecule has 1 N–H and O–H groups in total. The molecule has 0 saturated carbocycles. The first-order valence-corrected chi connectivity index (χ1v) is 10.4. The van der Waals surface area contributed by atoms with Gasteiger partial charge in [-0.2, -0.15) is 0 Å². The van der Waals surface area contributed by atoms with Gasteiger partial charge in [-0.25, -0.2) is 13.1 Å². The zero-order valence-electron chi connectivity index (χ0n) is 15.7. The molecule has 0 spiro atoms. The first-order valence-electron chi connectivity index (χ1n) is 8.90. The monoisotopic (exact) mass is 410 g/mol. The van der Waals surface area contributed by atoms with Crippen molar-refractivity contribution in [3.05, 3.63) is 65.2 Å². The zero-order chi connectivity index (χ0) is 18.6. The van der Waals surface area contributed by atoms with Crippen LogP contribution in [0.15, 0.2) is 53.4 Å². The second-order valence-corrected chi connectivity index (χ2v) is 8.45. The van der Waals surface area contributed by atoms with E-state index < -0.39 is 10.0 Å². The Morgan fingerprint density at radius 3 is 2.41 bits per heavy atom. The second kappa shape index (κ2) is 9.66. The van der Waals surface area contributed by atoms with E-state index >= 15 is 0 Å². The van der Waals surface area contributed by atoms with Crippen molar-refractivity contribution in [1.82, 2.24) is 9.62 Å². The highest BCUT2D eigenvalue weighted by atomic mass is 35.5. The summed E-state index contributed by atoms with van der Waals surface area (Å²) in [6, 6.07) is 15.0. The topological polar surface area (TPSA) is 58.6 Å². The molecule has 148 valence electrons. The molecule has 1 atom stereocenters. The van der Waals surface area contributed by atoms with Crippen LogP contribution in [0.2, 0.25) is 0 Å². The maximum absolute atomic E-state index is 13.1.